The van der Waals surface area contributed by atoms with Crippen molar-refractivity contribution < 1.29 is 4.42 Å². The Morgan fingerprint density at radius 2 is 1.03 bits per heavy atom. The van der Waals surface area contributed by atoms with Gasteiger partial charge in [-0.25, -0.2) is 0 Å². The maximum atomic E-state index is 6.66. The minimum atomic E-state index is -0.0724. The first-order valence-electron chi connectivity index (χ1n) is 24.6. The molecule has 13 rings (SSSR count). The van der Waals surface area contributed by atoms with Crippen LogP contribution in [0.2, 0.25) is 0 Å². The normalized spacial score (nSPS) is 15.1. The molecule has 334 valence electrons. The van der Waals surface area contributed by atoms with Gasteiger partial charge in [-0.2, -0.15) is 0 Å². The van der Waals surface area contributed by atoms with Gasteiger partial charge in [-0.05, 0) is 178 Å². The Morgan fingerprint density at radius 3 is 1.71 bits per heavy atom. The number of fused-ring (bicyclic) bond motifs is 8. The Balaban J connectivity index is 1.15. The van der Waals surface area contributed by atoms with Gasteiger partial charge in [-0.1, -0.05) is 131 Å². The molecule has 4 nitrogen and oxygen atoms in total. The van der Waals surface area contributed by atoms with E-state index < -0.39 is 0 Å². The molecule has 3 aliphatic rings. The van der Waals surface area contributed by atoms with Gasteiger partial charge in [0.05, 0.1) is 11.1 Å². The lowest BCUT2D eigenvalue weighted by Gasteiger charge is -2.47. The van der Waals surface area contributed by atoms with Gasteiger partial charge in [0.25, 0.3) is 6.71 Å². The van der Waals surface area contributed by atoms with Gasteiger partial charge in [-0.3, -0.25) is 0 Å². The fraction of sp³-hybridized carbons (Fsp3) is 0.156. The van der Waals surface area contributed by atoms with Crippen molar-refractivity contribution in [3.05, 3.63) is 216 Å². The highest BCUT2D eigenvalue weighted by molar-refractivity contribution is 7.00. The van der Waals surface area contributed by atoms with Crippen LogP contribution in [-0.4, -0.2) is 6.71 Å². The van der Waals surface area contributed by atoms with E-state index in [4.69, 9.17) is 4.42 Å². The Morgan fingerprint density at radius 1 is 0.449 bits per heavy atom. The maximum absolute atomic E-state index is 6.66. The van der Waals surface area contributed by atoms with Crippen LogP contribution in [0.5, 0.6) is 0 Å². The third kappa shape index (κ3) is 6.43. The van der Waals surface area contributed by atoms with Crippen molar-refractivity contribution in [3.8, 4) is 11.1 Å². The fourth-order valence-corrected chi connectivity index (χ4v) is 12.1. The van der Waals surface area contributed by atoms with Gasteiger partial charge in [0.1, 0.15) is 11.2 Å². The highest BCUT2D eigenvalue weighted by Gasteiger charge is 2.47. The fourth-order valence-electron chi connectivity index (χ4n) is 12.1. The van der Waals surface area contributed by atoms with Gasteiger partial charge >= 0.3 is 0 Å². The number of benzene rings is 9. The number of nitrogens with zero attached hydrogens (tertiary/aromatic N) is 3. The first kappa shape index (κ1) is 41.4. The average molecular weight is 892 g/mol. The zero-order valence-corrected chi connectivity index (χ0v) is 40.2. The first-order valence-corrected chi connectivity index (χ1v) is 24.6. The van der Waals surface area contributed by atoms with Gasteiger partial charge < -0.3 is 19.1 Å². The summed E-state index contributed by atoms with van der Waals surface area (Å²) in [5, 5.41) is 2.26. The van der Waals surface area contributed by atoms with Crippen LogP contribution in [0, 0.1) is 13.8 Å². The Hall–Kier alpha value is -7.76. The molecule has 0 N–H and O–H groups in total. The summed E-state index contributed by atoms with van der Waals surface area (Å²) in [5.74, 6) is 0. The molecular formula is C64H54BN3O. The third-order valence-corrected chi connectivity index (χ3v) is 15.6. The van der Waals surface area contributed by atoms with Crippen LogP contribution in [-0.2, 0) is 10.8 Å². The topological polar surface area (TPSA) is 22.9 Å². The molecule has 5 heteroatoms. The molecule has 3 heterocycles. The van der Waals surface area contributed by atoms with Crippen LogP contribution >= 0.6 is 0 Å². The molecule has 1 aromatic heterocycles. The second-order valence-electron chi connectivity index (χ2n) is 20.9. The molecule has 0 saturated heterocycles. The number of para-hydroxylation sites is 3. The van der Waals surface area contributed by atoms with Gasteiger partial charge in [0, 0.05) is 50.9 Å². The van der Waals surface area contributed by atoms with E-state index in [1.54, 1.807) is 0 Å². The second kappa shape index (κ2) is 15.4. The zero-order valence-electron chi connectivity index (χ0n) is 40.2. The number of rotatable bonds is 6. The lowest BCUT2D eigenvalue weighted by atomic mass is 9.33. The monoisotopic (exact) mass is 891 g/mol. The van der Waals surface area contributed by atoms with Gasteiger partial charge in [0.2, 0.25) is 0 Å². The maximum Gasteiger partial charge on any atom is 0.252 e. The molecule has 1 aliphatic carbocycles. The van der Waals surface area contributed by atoms with E-state index in [9.17, 15) is 0 Å². The standard InChI is InChI=1S/C64H54BN3O/c1-41-35-57-62-58(36-41)68(55-26-18-28-60-61(55)48-25-16-17-27-59(48)69-60)56-40-50-49(63(3,4)33-34-64(50,5)6)39-52(56)65(62)51-38-47(66(45-21-12-8-13-22-45)46-23-14-9-15-24-46)30-32-54(51)67(57)53-31-29-44(37-42(53)2)43-19-10-7-11-20-43/h7-32,35-40H,33-34H2,1-6H3. The third-order valence-electron chi connectivity index (χ3n) is 15.6. The largest absolute Gasteiger partial charge is 0.456 e. The van der Waals surface area contributed by atoms with Crippen molar-refractivity contribution in [2.45, 2.75) is 65.2 Å². The van der Waals surface area contributed by atoms with Gasteiger partial charge in [0.15, 0.2) is 0 Å². The van der Waals surface area contributed by atoms with Crippen molar-refractivity contribution in [3.63, 3.8) is 0 Å². The van der Waals surface area contributed by atoms with Crippen LogP contribution in [0.3, 0.4) is 0 Å². The molecule has 0 bridgehead atoms. The lowest BCUT2D eigenvalue weighted by molar-refractivity contribution is 0.332. The number of furan rings is 1. The van der Waals surface area contributed by atoms with Crippen molar-refractivity contribution in [2.24, 2.45) is 0 Å². The molecule has 9 aromatic carbocycles. The highest BCUT2D eigenvalue weighted by atomic mass is 16.3. The van der Waals surface area contributed by atoms with Crippen LogP contribution in [0.1, 0.15) is 62.8 Å². The molecule has 0 atom stereocenters. The van der Waals surface area contributed by atoms with E-state index >= 15 is 0 Å². The smallest absolute Gasteiger partial charge is 0.252 e. The van der Waals surface area contributed by atoms with Crippen LogP contribution < -0.4 is 31.1 Å². The molecule has 69 heavy (non-hydrogen) atoms. The minimum Gasteiger partial charge on any atom is -0.456 e. The SMILES string of the molecule is Cc1cc2c3c(c1)N(c1cccc4oc5ccccc5c14)c1cc4c(cc1B3c1cc(N(c3ccccc3)c3ccccc3)ccc1N2c1ccc(-c2ccccc2)cc1C)C(C)(C)CCC4(C)C. The summed E-state index contributed by atoms with van der Waals surface area (Å²) in [6, 6.07) is 71.9. The quantitative estimate of drug-likeness (QED) is 0.155. The van der Waals surface area contributed by atoms with Crippen LogP contribution in [0.25, 0.3) is 33.1 Å². The summed E-state index contributed by atoms with van der Waals surface area (Å²) in [6.45, 7) is 14.3. The summed E-state index contributed by atoms with van der Waals surface area (Å²) in [6.07, 6.45) is 2.27. The van der Waals surface area contributed by atoms with Gasteiger partial charge in [-0.15, -0.1) is 0 Å². The molecule has 0 spiro atoms. The summed E-state index contributed by atoms with van der Waals surface area (Å²) >= 11 is 0. The molecule has 0 radical (unpaired) electrons. The first-order chi connectivity index (χ1) is 33.5. The minimum absolute atomic E-state index is 0.00168. The van der Waals surface area contributed by atoms with E-state index in [0.29, 0.717) is 0 Å². The molecule has 0 saturated carbocycles. The van der Waals surface area contributed by atoms with Crippen molar-refractivity contribution >= 4 is 96.2 Å². The van der Waals surface area contributed by atoms with E-state index in [-0.39, 0.29) is 17.5 Å². The highest BCUT2D eigenvalue weighted by Crippen LogP contribution is 2.52. The Labute approximate surface area is 406 Å². The zero-order chi connectivity index (χ0) is 46.8. The summed E-state index contributed by atoms with van der Waals surface area (Å²) in [7, 11) is 0. The number of hydrogen-bond donors (Lipinski definition) is 0. The Bertz CT molecular complexity index is 3630. The summed E-state index contributed by atoms with van der Waals surface area (Å²) in [4.78, 5) is 7.59. The second-order valence-corrected chi connectivity index (χ2v) is 20.9. The molecule has 0 amide bonds. The van der Waals surface area contributed by atoms with Crippen molar-refractivity contribution in [1.82, 2.24) is 0 Å². The molecule has 0 fully saturated rings. The molecule has 2 aliphatic heterocycles. The van der Waals surface area contributed by atoms with E-state index in [2.05, 4.69) is 250 Å². The van der Waals surface area contributed by atoms with E-state index in [1.807, 2.05) is 0 Å². The van der Waals surface area contributed by atoms with Crippen LogP contribution in [0.15, 0.2) is 199 Å². The Kier molecular flexibility index (Phi) is 9.24. The van der Waals surface area contributed by atoms with E-state index in [0.717, 1.165) is 57.5 Å². The summed E-state index contributed by atoms with van der Waals surface area (Å²) in [5.41, 5.74) is 24.0. The van der Waals surface area contributed by atoms with Crippen LogP contribution in [0.4, 0.5) is 51.2 Å². The molecule has 0 unspecified atom stereocenters. The number of anilines is 9. The van der Waals surface area contributed by atoms with Crippen molar-refractivity contribution in [2.75, 3.05) is 14.7 Å². The predicted molar refractivity (Wildman–Crippen MR) is 293 cm³/mol. The number of aryl methyl sites for hydroxylation is 2. The van der Waals surface area contributed by atoms with E-state index in [1.165, 1.54) is 78.2 Å². The average Bonchev–Trinajstić information content (AvgIpc) is 3.75. The lowest BCUT2D eigenvalue weighted by Crippen LogP contribution is -2.62. The predicted octanol–water partition coefficient (Wildman–Crippen LogP) is 15.8. The molecular weight excluding hydrogens is 838 g/mol. The van der Waals surface area contributed by atoms with Crippen molar-refractivity contribution in [1.29, 1.82) is 0 Å². The molecule has 10 aromatic rings. The number of hydrogen-bond acceptors (Lipinski definition) is 4. The summed E-state index contributed by atoms with van der Waals surface area (Å²) < 4.78 is 6.66.